The number of amides is 2. The van der Waals surface area contributed by atoms with Crippen LogP contribution in [0.2, 0.25) is 25.7 Å². The molecule has 26 heavy (non-hydrogen) atoms. The summed E-state index contributed by atoms with van der Waals surface area (Å²) in [5.74, 6) is -1.44. The minimum Gasteiger partial charge on any atom is -0.508 e. The van der Waals surface area contributed by atoms with Crippen LogP contribution in [0.15, 0.2) is 18.2 Å². The number of carbonyl (C=O) groups excluding carboxylic acids is 3. The number of carbonyl (C=O) groups is 3. The number of fused-ring (bicyclic) bond motifs is 1. The van der Waals surface area contributed by atoms with Crippen LogP contribution in [0.3, 0.4) is 0 Å². The zero-order valence-corrected chi connectivity index (χ0v) is 16.4. The maximum Gasteiger partial charge on any atom is 0.305 e. The number of primary amides is 1. The molecule has 142 valence electrons. The highest BCUT2D eigenvalue weighted by Gasteiger charge is 2.36. The Morgan fingerprint density at radius 2 is 2.04 bits per heavy atom. The molecule has 0 radical (unpaired) electrons. The third kappa shape index (κ3) is 4.84. The van der Waals surface area contributed by atoms with E-state index in [4.69, 9.17) is 10.5 Å². The Labute approximate surface area is 154 Å². The first-order valence-electron chi connectivity index (χ1n) is 8.67. The summed E-state index contributed by atoms with van der Waals surface area (Å²) in [6.07, 6.45) is 0.104. The number of benzene rings is 1. The van der Waals surface area contributed by atoms with Crippen molar-refractivity contribution in [2.24, 2.45) is 5.73 Å². The van der Waals surface area contributed by atoms with Crippen molar-refractivity contribution in [3.8, 4) is 5.75 Å². The number of phenolic OH excluding ortho intramolecular Hbond substituents is 1. The number of aromatic hydroxyl groups is 1. The first kappa shape index (κ1) is 20.0. The molecular formula is C18H26N2O5Si. The van der Waals surface area contributed by atoms with Gasteiger partial charge in [-0.3, -0.25) is 14.4 Å². The van der Waals surface area contributed by atoms with Crippen molar-refractivity contribution in [1.82, 2.24) is 4.90 Å². The van der Waals surface area contributed by atoms with Gasteiger partial charge in [0.05, 0.1) is 13.2 Å². The van der Waals surface area contributed by atoms with Gasteiger partial charge in [0.25, 0.3) is 5.91 Å². The lowest BCUT2D eigenvalue weighted by Crippen LogP contribution is -2.45. The Bertz CT molecular complexity index is 714. The molecule has 0 aromatic heterocycles. The van der Waals surface area contributed by atoms with Crippen molar-refractivity contribution in [3.63, 3.8) is 0 Å². The average Bonchev–Trinajstić information content (AvgIpc) is 2.85. The maximum absolute atomic E-state index is 12.5. The molecule has 1 aliphatic rings. The van der Waals surface area contributed by atoms with Crippen LogP contribution >= 0.6 is 0 Å². The first-order chi connectivity index (χ1) is 12.1. The number of nitrogens with two attached hydrogens (primary N) is 1. The molecule has 1 unspecified atom stereocenters. The Kier molecular flexibility index (Phi) is 6.07. The summed E-state index contributed by atoms with van der Waals surface area (Å²) in [6.45, 7) is 7.04. The van der Waals surface area contributed by atoms with E-state index in [9.17, 15) is 19.5 Å². The van der Waals surface area contributed by atoms with Crippen LogP contribution < -0.4 is 5.73 Å². The molecule has 1 aliphatic heterocycles. The van der Waals surface area contributed by atoms with Crippen molar-refractivity contribution < 1.29 is 24.2 Å². The Balaban J connectivity index is 1.96. The molecule has 8 heteroatoms. The van der Waals surface area contributed by atoms with Gasteiger partial charge >= 0.3 is 5.97 Å². The van der Waals surface area contributed by atoms with E-state index in [1.807, 2.05) is 0 Å². The van der Waals surface area contributed by atoms with E-state index in [0.29, 0.717) is 17.7 Å². The van der Waals surface area contributed by atoms with Gasteiger partial charge in [-0.15, -0.1) is 0 Å². The molecule has 0 aliphatic carbocycles. The van der Waals surface area contributed by atoms with Crippen molar-refractivity contribution in [1.29, 1.82) is 0 Å². The molecule has 7 nitrogen and oxygen atoms in total. The van der Waals surface area contributed by atoms with Crippen LogP contribution in [-0.4, -0.2) is 48.5 Å². The number of esters is 1. The summed E-state index contributed by atoms with van der Waals surface area (Å²) in [6, 6.07) is 4.62. The second kappa shape index (κ2) is 7.90. The Hall–Kier alpha value is -2.35. The van der Waals surface area contributed by atoms with E-state index in [-0.39, 0.29) is 31.0 Å². The fourth-order valence-electron chi connectivity index (χ4n) is 2.84. The van der Waals surface area contributed by atoms with Gasteiger partial charge in [0.1, 0.15) is 11.8 Å². The van der Waals surface area contributed by atoms with Crippen LogP contribution in [-0.2, 0) is 20.9 Å². The fraction of sp³-hybridized carbons (Fsp3) is 0.500. The SMILES string of the molecule is C[Si](C)(C)CCOC(=O)CCC(C(N)=O)N1Cc2c(O)cccc2C1=O. The van der Waals surface area contributed by atoms with Gasteiger partial charge in [-0.05, 0) is 24.6 Å². The number of hydrogen-bond acceptors (Lipinski definition) is 5. The van der Waals surface area contributed by atoms with E-state index < -0.39 is 26.0 Å². The summed E-state index contributed by atoms with van der Waals surface area (Å²) in [5.41, 5.74) is 6.28. The van der Waals surface area contributed by atoms with Gasteiger partial charge in [0.2, 0.25) is 5.91 Å². The number of rotatable bonds is 8. The average molecular weight is 379 g/mol. The Morgan fingerprint density at radius 3 is 2.62 bits per heavy atom. The molecule has 0 fully saturated rings. The zero-order valence-electron chi connectivity index (χ0n) is 15.4. The quantitative estimate of drug-likeness (QED) is 0.530. The molecule has 1 aromatic carbocycles. The van der Waals surface area contributed by atoms with Crippen LogP contribution in [0, 0.1) is 0 Å². The molecule has 3 N–H and O–H groups in total. The number of nitrogens with zero attached hydrogens (tertiary/aromatic N) is 1. The standard InChI is InChI=1S/C18H26N2O5Si/c1-26(2,3)10-9-25-16(22)8-7-14(17(19)23)20-11-13-12(18(20)24)5-4-6-15(13)21/h4-6,14,21H,7-11H2,1-3H3,(H2,19,23). The lowest BCUT2D eigenvalue weighted by Gasteiger charge is -2.25. The van der Waals surface area contributed by atoms with Crippen LogP contribution in [0.25, 0.3) is 0 Å². The minimum atomic E-state index is -1.29. The monoisotopic (exact) mass is 378 g/mol. The molecule has 1 heterocycles. The van der Waals surface area contributed by atoms with E-state index >= 15 is 0 Å². The van der Waals surface area contributed by atoms with Crippen LogP contribution in [0.4, 0.5) is 0 Å². The lowest BCUT2D eigenvalue weighted by atomic mass is 10.1. The maximum atomic E-state index is 12.5. The van der Waals surface area contributed by atoms with E-state index in [2.05, 4.69) is 19.6 Å². The highest BCUT2D eigenvalue weighted by Crippen LogP contribution is 2.32. The molecule has 1 atom stereocenters. The number of hydrogen-bond donors (Lipinski definition) is 2. The van der Waals surface area contributed by atoms with Crippen molar-refractivity contribution in [2.45, 2.75) is 51.1 Å². The number of ether oxygens (including phenoxy) is 1. The largest absolute Gasteiger partial charge is 0.508 e. The normalized spacial score (nSPS) is 14.9. The predicted molar refractivity (Wildman–Crippen MR) is 99.3 cm³/mol. The third-order valence-corrected chi connectivity index (χ3v) is 6.12. The molecule has 2 amide bonds. The van der Waals surface area contributed by atoms with Gasteiger partial charge in [0.15, 0.2) is 0 Å². The Morgan fingerprint density at radius 1 is 1.35 bits per heavy atom. The second-order valence-electron chi connectivity index (χ2n) is 7.72. The molecule has 0 bridgehead atoms. The third-order valence-electron chi connectivity index (χ3n) is 4.41. The summed E-state index contributed by atoms with van der Waals surface area (Å²) < 4.78 is 5.22. The highest BCUT2D eigenvalue weighted by molar-refractivity contribution is 6.76. The molecule has 1 aromatic rings. The van der Waals surface area contributed by atoms with Crippen molar-refractivity contribution in [3.05, 3.63) is 29.3 Å². The van der Waals surface area contributed by atoms with Gasteiger partial charge < -0.3 is 20.5 Å². The molecule has 0 spiro atoms. The minimum absolute atomic E-state index is 0.00537. The van der Waals surface area contributed by atoms with Gasteiger partial charge in [-0.25, -0.2) is 0 Å². The second-order valence-corrected chi connectivity index (χ2v) is 13.3. The summed E-state index contributed by atoms with van der Waals surface area (Å²) in [7, 11) is -1.29. The number of phenols is 1. The van der Waals surface area contributed by atoms with Gasteiger partial charge in [-0.2, -0.15) is 0 Å². The van der Waals surface area contributed by atoms with Crippen LogP contribution in [0.1, 0.15) is 28.8 Å². The smallest absolute Gasteiger partial charge is 0.305 e. The van der Waals surface area contributed by atoms with Crippen LogP contribution in [0.5, 0.6) is 5.75 Å². The van der Waals surface area contributed by atoms with Crippen molar-refractivity contribution in [2.75, 3.05) is 6.61 Å². The van der Waals surface area contributed by atoms with E-state index in [1.165, 1.54) is 11.0 Å². The first-order valence-corrected chi connectivity index (χ1v) is 12.4. The predicted octanol–water partition coefficient (Wildman–Crippen LogP) is 1.86. The van der Waals surface area contributed by atoms with Gasteiger partial charge in [-0.1, -0.05) is 25.7 Å². The highest BCUT2D eigenvalue weighted by atomic mass is 28.3. The summed E-state index contributed by atoms with van der Waals surface area (Å²) >= 11 is 0. The van der Waals surface area contributed by atoms with E-state index in [1.54, 1.807) is 12.1 Å². The van der Waals surface area contributed by atoms with Gasteiger partial charge in [0, 0.05) is 25.6 Å². The zero-order chi connectivity index (χ0) is 19.5. The fourth-order valence-corrected chi connectivity index (χ4v) is 3.55. The lowest BCUT2D eigenvalue weighted by molar-refractivity contribution is -0.143. The molecule has 0 saturated carbocycles. The molecule has 2 rings (SSSR count). The molecular weight excluding hydrogens is 352 g/mol. The summed E-state index contributed by atoms with van der Waals surface area (Å²) in [5, 5.41) is 9.90. The molecule has 0 saturated heterocycles. The topological polar surface area (TPSA) is 110 Å². The van der Waals surface area contributed by atoms with E-state index in [0.717, 1.165) is 6.04 Å². The van der Waals surface area contributed by atoms with Crippen molar-refractivity contribution >= 4 is 25.9 Å². The summed E-state index contributed by atoms with van der Waals surface area (Å²) in [4.78, 5) is 37.6.